The first-order valence-electron chi connectivity index (χ1n) is 11.3. The van der Waals surface area contributed by atoms with Crippen LogP contribution in [0, 0.1) is 5.92 Å². The zero-order chi connectivity index (χ0) is 24.7. The average molecular weight is 479 g/mol. The molecule has 2 aromatic rings. The highest BCUT2D eigenvalue weighted by Gasteiger charge is 2.36. The fourth-order valence-electron chi connectivity index (χ4n) is 4.42. The fourth-order valence-corrected chi connectivity index (χ4v) is 4.42. The minimum Gasteiger partial charge on any atom is -0.480 e. The van der Waals surface area contributed by atoms with Gasteiger partial charge in [0.05, 0.1) is 23.9 Å². The van der Waals surface area contributed by atoms with Gasteiger partial charge in [-0.1, -0.05) is 12.1 Å². The molecule has 4 rings (SSSR count). The van der Waals surface area contributed by atoms with Crippen molar-refractivity contribution >= 4 is 11.6 Å². The molecule has 1 amide bonds. The van der Waals surface area contributed by atoms with Gasteiger partial charge in [0.2, 0.25) is 5.88 Å². The molecular weight excluding hydrogens is 449 g/mol. The van der Waals surface area contributed by atoms with Crippen LogP contribution in [0.1, 0.15) is 43.5 Å². The topological polar surface area (TPSA) is 89.7 Å². The molecule has 2 atom stereocenters. The Labute approximate surface area is 196 Å². The Kier molecular flexibility index (Phi) is 6.37. The Balaban J connectivity index is 1.84. The summed E-state index contributed by atoms with van der Waals surface area (Å²) in [6.07, 6.45) is -0.544. The third-order valence-electron chi connectivity index (χ3n) is 6.32. The maximum absolute atomic E-state index is 13.3. The molecule has 1 saturated carbocycles. The molecule has 3 N–H and O–H groups in total. The number of rotatable bonds is 7. The zero-order valence-corrected chi connectivity index (χ0v) is 19.4. The summed E-state index contributed by atoms with van der Waals surface area (Å²) in [4.78, 5) is 19.7. The molecule has 0 radical (unpaired) electrons. The van der Waals surface area contributed by atoms with E-state index in [1.165, 1.54) is 31.5 Å². The van der Waals surface area contributed by atoms with Crippen molar-refractivity contribution in [2.45, 2.75) is 51.1 Å². The molecule has 7 nitrogen and oxygen atoms in total. The van der Waals surface area contributed by atoms with E-state index in [0.717, 1.165) is 12.8 Å². The number of nitrogens with two attached hydrogens (primary N) is 1. The van der Waals surface area contributed by atoms with E-state index < -0.39 is 11.9 Å². The van der Waals surface area contributed by atoms with E-state index in [0.29, 0.717) is 47.8 Å². The summed E-state index contributed by atoms with van der Waals surface area (Å²) in [6, 6.07) is 5.59. The Morgan fingerprint density at radius 2 is 2.09 bits per heavy atom. The Morgan fingerprint density at radius 1 is 1.35 bits per heavy atom. The van der Waals surface area contributed by atoms with Crippen LogP contribution < -0.4 is 25.4 Å². The number of aromatic nitrogens is 1. The highest BCUT2D eigenvalue weighted by Crippen LogP contribution is 2.43. The molecule has 0 unspecified atom stereocenters. The van der Waals surface area contributed by atoms with Gasteiger partial charge in [-0.15, -0.1) is 13.2 Å². The van der Waals surface area contributed by atoms with Crippen LogP contribution >= 0.6 is 0 Å². The smallest absolute Gasteiger partial charge is 0.480 e. The van der Waals surface area contributed by atoms with Gasteiger partial charge in [-0.2, -0.15) is 0 Å². The molecular formula is C24H29F3N4O3. The second-order valence-corrected chi connectivity index (χ2v) is 9.41. The minimum atomic E-state index is -4.83. The second-order valence-electron chi connectivity index (χ2n) is 9.41. The van der Waals surface area contributed by atoms with Gasteiger partial charge in [-0.05, 0) is 56.7 Å². The predicted molar refractivity (Wildman–Crippen MR) is 122 cm³/mol. The molecule has 0 bridgehead atoms. The number of nitrogens with zero attached hydrogens (tertiary/aromatic N) is 2. The van der Waals surface area contributed by atoms with Crippen LogP contribution in [-0.2, 0) is 0 Å². The summed E-state index contributed by atoms with van der Waals surface area (Å²) >= 11 is 0. The number of carbonyl (C=O) groups excluding carboxylic acids is 1. The van der Waals surface area contributed by atoms with Gasteiger partial charge in [0.1, 0.15) is 5.75 Å². The predicted octanol–water partition coefficient (Wildman–Crippen LogP) is 4.11. The number of ether oxygens (including phenoxy) is 2. The van der Waals surface area contributed by atoms with Crippen molar-refractivity contribution in [2.24, 2.45) is 11.7 Å². The molecule has 1 aliphatic carbocycles. The van der Waals surface area contributed by atoms with Gasteiger partial charge in [0.25, 0.3) is 5.91 Å². The molecule has 1 aromatic heterocycles. The van der Waals surface area contributed by atoms with Gasteiger partial charge < -0.3 is 25.4 Å². The maximum Gasteiger partial charge on any atom is 0.573 e. The SMILES string of the molecule is COc1ncc(C(=O)N[C@@H](C)C2CC2)c(N2CC[C@](C)(N)C2)c1-c1cccc(OC(F)(F)F)c1. The first kappa shape index (κ1) is 24.1. The molecule has 34 heavy (non-hydrogen) atoms. The van der Waals surface area contributed by atoms with E-state index in [4.69, 9.17) is 10.5 Å². The molecule has 0 spiro atoms. The molecule has 2 heterocycles. The molecule has 1 aromatic carbocycles. The van der Waals surface area contributed by atoms with Crippen molar-refractivity contribution in [1.82, 2.24) is 10.3 Å². The van der Waals surface area contributed by atoms with Crippen LogP contribution in [0.15, 0.2) is 30.5 Å². The summed E-state index contributed by atoms with van der Waals surface area (Å²) in [5.74, 6) is -0.0237. The number of carbonyl (C=O) groups is 1. The van der Waals surface area contributed by atoms with Gasteiger partial charge in [-0.3, -0.25) is 4.79 Å². The number of halogens is 3. The molecule has 1 aliphatic heterocycles. The van der Waals surface area contributed by atoms with Crippen molar-refractivity contribution in [3.63, 3.8) is 0 Å². The van der Waals surface area contributed by atoms with Crippen LogP contribution in [0.3, 0.4) is 0 Å². The molecule has 1 saturated heterocycles. The van der Waals surface area contributed by atoms with Gasteiger partial charge in [0.15, 0.2) is 0 Å². The Bertz CT molecular complexity index is 1070. The third-order valence-corrected chi connectivity index (χ3v) is 6.32. The molecule has 10 heteroatoms. The molecule has 2 aliphatic rings. The quantitative estimate of drug-likeness (QED) is 0.623. The number of amides is 1. The third kappa shape index (κ3) is 5.38. The van der Waals surface area contributed by atoms with E-state index in [9.17, 15) is 18.0 Å². The van der Waals surface area contributed by atoms with Crippen molar-refractivity contribution in [2.75, 3.05) is 25.1 Å². The number of nitrogens with one attached hydrogen (secondary N) is 1. The van der Waals surface area contributed by atoms with Crippen molar-refractivity contribution in [3.8, 4) is 22.8 Å². The Morgan fingerprint density at radius 3 is 2.68 bits per heavy atom. The lowest BCUT2D eigenvalue weighted by Gasteiger charge is -2.28. The van der Waals surface area contributed by atoms with Crippen LogP contribution in [0.5, 0.6) is 11.6 Å². The zero-order valence-electron chi connectivity index (χ0n) is 19.4. The normalized spacial score (nSPS) is 21.3. The van der Waals surface area contributed by atoms with Crippen molar-refractivity contribution < 1.29 is 27.4 Å². The number of methoxy groups -OCH3 is 1. The number of benzene rings is 1. The van der Waals surface area contributed by atoms with Gasteiger partial charge in [-0.25, -0.2) is 4.98 Å². The minimum absolute atomic E-state index is 0.00719. The van der Waals surface area contributed by atoms with Crippen LogP contribution in [0.25, 0.3) is 11.1 Å². The first-order valence-corrected chi connectivity index (χ1v) is 11.3. The fraction of sp³-hybridized carbons (Fsp3) is 0.500. The standard InChI is InChI=1S/C24H29F3N4O3/c1-14(15-7-8-15)30-21(32)18-12-29-22(33-3)19(20(18)31-10-9-23(2,28)13-31)16-5-4-6-17(11-16)34-24(25,26)27/h4-6,11-12,14-15H,7-10,13,28H2,1-3H3,(H,30,32)/t14-,23-/m0/s1. The maximum atomic E-state index is 13.3. The Hall–Kier alpha value is -3.01. The number of hydrogen-bond acceptors (Lipinski definition) is 6. The van der Waals surface area contributed by atoms with E-state index in [-0.39, 0.29) is 23.6 Å². The second kappa shape index (κ2) is 8.98. The number of alkyl halides is 3. The van der Waals surface area contributed by atoms with Gasteiger partial charge in [0, 0.05) is 30.9 Å². The average Bonchev–Trinajstić information content (AvgIpc) is 3.54. The van der Waals surface area contributed by atoms with Gasteiger partial charge >= 0.3 is 6.36 Å². The largest absolute Gasteiger partial charge is 0.573 e. The lowest BCUT2D eigenvalue weighted by molar-refractivity contribution is -0.274. The first-order chi connectivity index (χ1) is 16.0. The number of pyridine rings is 1. The summed E-state index contributed by atoms with van der Waals surface area (Å²) in [5.41, 5.74) is 7.55. The molecule has 2 fully saturated rings. The summed E-state index contributed by atoms with van der Waals surface area (Å²) in [5, 5.41) is 3.05. The van der Waals surface area contributed by atoms with Crippen LogP contribution in [0.2, 0.25) is 0 Å². The highest BCUT2D eigenvalue weighted by atomic mass is 19.4. The van der Waals surface area contributed by atoms with E-state index in [1.807, 2.05) is 18.7 Å². The van der Waals surface area contributed by atoms with E-state index in [1.54, 1.807) is 6.07 Å². The summed E-state index contributed by atoms with van der Waals surface area (Å²) < 4.78 is 48.2. The highest BCUT2D eigenvalue weighted by molar-refractivity contribution is 6.04. The number of anilines is 1. The lowest BCUT2D eigenvalue weighted by Crippen LogP contribution is -2.40. The monoisotopic (exact) mass is 478 g/mol. The molecule has 184 valence electrons. The summed E-state index contributed by atoms with van der Waals surface area (Å²) in [6.45, 7) is 4.93. The van der Waals surface area contributed by atoms with Crippen LogP contribution in [-0.4, -0.2) is 49.0 Å². The van der Waals surface area contributed by atoms with E-state index >= 15 is 0 Å². The van der Waals surface area contributed by atoms with E-state index in [2.05, 4.69) is 15.0 Å². The number of hydrogen-bond donors (Lipinski definition) is 2. The lowest BCUT2D eigenvalue weighted by atomic mass is 9.99. The van der Waals surface area contributed by atoms with Crippen molar-refractivity contribution in [3.05, 3.63) is 36.0 Å². The summed E-state index contributed by atoms with van der Waals surface area (Å²) in [7, 11) is 1.43. The van der Waals surface area contributed by atoms with Crippen molar-refractivity contribution in [1.29, 1.82) is 0 Å². The van der Waals surface area contributed by atoms with Crippen LogP contribution in [0.4, 0.5) is 18.9 Å².